The minimum atomic E-state index is -1.19. The van der Waals surface area contributed by atoms with E-state index in [9.17, 15) is 19.5 Å². The molecule has 1 amide bonds. The van der Waals surface area contributed by atoms with Crippen molar-refractivity contribution in [2.75, 3.05) is 12.4 Å². The first-order chi connectivity index (χ1) is 17.0. The Balaban J connectivity index is 1.53. The molecule has 2 N–H and O–H groups in total. The lowest BCUT2D eigenvalue weighted by atomic mass is 10.1. The molecule has 4 aromatic rings. The molecule has 0 saturated carbocycles. The number of carbonyl (C=O) groups excluding carboxylic acids is 1. The SMILES string of the molecule is COc1ccccc1/C=C1\CCn2c1nc1cc(NC(=O)c3ccccc3C(=O)O)ccc1c2=O. The number of allylic oxidation sites excluding steroid dienone is 1. The minimum Gasteiger partial charge on any atom is -0.496 e. The van der Waals surface area contributed by atoms with E-state index in [1.165, 1.54) is 12.1 Å². The molecule has 0 aliphatic carbocycles. The third-order valence-corrected chi connectivity index (χ3v) is 5.98. The number of methoxy groups -OCH3 is 1. The zero-order valence-corrected chi connectivity index (χ0v) is 18.8. The fraction of sp³-hybridized carbons (Fsp3) is 0.111. The molecule has 0 saturated heterocycles. The standard InChI is InChI=1S/C27H21N3O5/c1-35-23-9-5-2-6-16(23)14-17-12-13-30-24(17)29-22-15-18(10-11-21(22)26(30)32)28-25(31)19-7-3-4-8-20(19)27(33)34/h2-11,14-15H,12-13H2,1H3,(H,28,31)(H,33,34)/b17-14+. The Bertz CT molecular complexity index is 1590. The highest BCUT2D eigenvalue weighted by Gasteiger charge is 2.22. The lowest BCUT2D eigenvalue weighted by Crippen LogP contribution is -2.21. The fourth-order valence-corrected chi connectivity index (χ4v) is 4.27. The van der Waals surface area contributed by atoms with Crippen molar-refractivity contribution < 1.29 is 19.4 Å². The van der Waals surface area contributed by atoms with Gasteiger partial charge in [-0.25, -0.2) is 9.78 Å². The molecule has 0 radical (unpaired) electrons. The van der Waals surface area contributed by atoms with Crippen LogP contribution in [0.15, 0.2) is 71.5 Å². The first-order valence-corrected chi connectivity index (χ1v) is 11.0. The number of nitrogens with one attached hydrogen (secondary N) is 1. The molecular weight excluding hydrogens is 446 g/mol. The van der Waals surface area contributed by atoms with E-state index in [0.29, 0.717) is 35.4 Å². The summed E-state index contributed by atoms with van der Waals surface area (Å²) in [6, 6.07) is 18.5. The lowest BCUT2D eigenvalue weighted by molar-refractivity contribution is 0.0692. The largest absolute Gasteiger partial charge is 0.496 e. The molecule has 1 aliphatic rings. The van der Waals surface area contributed by atoms with E-state index in [2.05, 4.69) is 5.32 Å². The van der Waals surface area contributed by atoms with E-state index in [1.807, 2.05) is 30.3 Å². The summed E-state index contributed by atoms with van der Waals surface area (Å²) < 4.78 is 7.10. The summed E-state index contributed by atoms with van der Waals surface area (Å²) in [5.74, 6) is -0.438. The third-order valence-electron chi connectivity index (χ3n) is 5.98. The molecule has 1 aliphatic heterocycles. The van der Waals surface area contributed by atoms with Crippen LogP contribution in [-0.4, -0.2) is 33.6 Å². The van der Waals surface area contributed by atoms with E-state index in [-0.39, 0.29) is 16.7 Å². The van der Waals surface area contributed by atoms with Gasteiger partial charge < -0.3 is 15.2 Å². The van der Waals surface area contributed by atoms with Crippen molar-refractivity contribution in [1.29, 1.82) is 0 Å². The predicted octanol–water partition coefficient (Wildman–Crippen LogP) is 4.30. The van der Waals surface area contributed by atoms with Crippen molar-refractivity contribution >= 4 is 40.1 Å². The highest BCUT2D eigenvalue weighted by Crippen LogP contribution is 2.30. The molecule has 8 nitrogen and oxygen atoms in total. The van der Waals surface area contributed by atoms with Gasteiger partial charge in [-0.3, -0.25) is 14.2 Å². The van der Waals surface area contributed by atoms with Crippen molar-refractivity contribution in [3.05, 3.63) is 99.6 Å². The van der Waals surface area contributed by atoms with Crippen LogP contribution < -0.4 is 15.6 Å². The van der Waals surface area contributed by atoms with E-state index >= 15 is 0 Å². The Kier molecular flexibility index (Phi) is 5.62. The van der Waals surface area contributed by atoms with Gasteiger partial charge >= 0.3 is 5.97 Å². The number of anilines is 1. The van der Waals surface area contributed by atoms with Crippen LogP contribution in [0.3, 0.4) is 0 Å². The number of fused-ring (bicyclic) bond motifs is 2. The van der Waals surface area contributed by atoms with E-state index in [1.54, 1.807) is 42.0 Å². The maximum atomic E-state index is 13.1. The van der Waals surface area contributed by atoms with Gasteiger partial charge in [0, 0.05) is 17.8 Å². The van der Waals surface area contributed by atoms with Gasteiger partial charge in [0.15, 0.2) is 0 Å². The Morgan fingerprint density at radius 1 is 1.06 bits per heavy atom. The number of aromatic carboxylic acids is 1. The summed E-state index contributed by atoms with van der Waals surface area (Å²) in [6.07, 6.45) is 2.64. The topological polar surface area (TPSA) is 111 Å². The second kappa shape index (κ2) is 8.90. The smallest absolute Gasteiger partial charge is 0.336 e. The molecule has 174 valence electrons. The molecule has 2 heterocycles. The van der Waals surface area contributed by atoms with Gasteiger partial charge in [0.25, 0.3) is 11.5 Å². The highest BCUT2D eigenvalue weighted by atomic mass is 16.5. The second-order valence-corrected chi connectivity index (χ2v) is 8.09. The number of nitrogens with zero attached hydrogens (tertiary/aromatic N) is 2. The Morgan fingerprint density at radius 3 is 2.57 bits per heavy atom. The summed E-state index contributed by atoms with van der Waals surface area (Å²) in [6.45, 7) is 0.530. The zero-order valence-electron chi connectivity index (χ0n) is 18.8. The number of hydrogen-bond donors (Lipinski definition) is 2. The number of carboxylic acids is 1. The summed E-state index contributed by atoms with van der Waals surface area (Å²) >= 11 is 0. The summed E-state index contributed by atoms with van der Waals surface area (Å²) in [5, 5.41) is 12.5. The second-order valence-electron chi connectivity index (χ2n) is 8.09. The number of hydrogen-bond acceptors (Lipinski definition) is 5. The summed E-state index contributed by atoms with van der Waals surface area (Å²) in [7, 11) is 1.61. The van der Waals surface area contributed by atoms with Crippen molar-refractivity contribution in [3.63, 3.8) is 0 Å². The third kappa shape index (κ3) is 4.06. The molecule has 0 atom stereocenters. The first-order valence-electron chi connectivity index (χ1n) is 11.0. The van der Waals surface area contributed by atoms with Crippen LogP contribution >= 0.6 is 0 Å². The number of amides is 1. The number of benzene rings is 3. The molecule has 3 aromatic carbocycles. The molecule has 5 rings (SSSR count). The van der Waals surface area contributed by atoms with Gasteiger partial charge in [-0.2, -0.15) is 0 Å². The van der Waals surface area contributed by atoms with E-state index < -0.39 is 11.9 Å². The Labute approximate surface area is 200 Å². The average molecular weight is 467 g/mol. The number of para-hydroxylation sites is 1. The average Bonchev–Trinajstić information content (AvgIpc) is 3.27. The number of rotatable bonds is 5. The van der Waals surface area contributed by atoms with Crippen LogP contribution in [0.5, 0.6) is 5.75 Å². The van der Waals surface area contributed by atoms with Crippen molar-refractivity contribution in [1.82, 2.24) is 9.55 Å². The summed E-state index contributed by atoms with van der Waals surface area (Å²) in [5.41, 5.74) is 2.47. The van der Waals surface area contributed by atoms with Crippen LogP contribution in [0.1, 0.15) is 38.5 Å². The molecule has 0 fully saturated rings. The van der Waals surface area contributed by atoms with Crippen LogP contribution in [0.25, 0.3) is 22.6 Å². The van der Waals surface area contributed by atoms with E-state index in [4.69, 9.17) is 9.72 Å². The van der Waals surface area contributed by atoms with Gasteiger partial charge in [0.1, 0.15) is 11.6 Å². The normalized spacial score (nSPS) is 13.6. The first kappa shape index (κ1) is 22.1. The number of aromatic nitrogens is 2. The van der Waals surface area contributed by atoms with Crippen molar-refractivity contribution in [2.45, 2.75) is 13.0 Å². The quantitative estimate of drug-likeness (QED) is 0.453. The molecule has 0 bridgehead atoms. The number of ether oxygens (including phenoxy) is 1. The van der Waals surface area contributed by atoms with Gasteiger partial charge in [-0.15, -0.1) is 0 Å². The fourth-order valence-electron chi connectivity index (χ4n) is 4.27. The Hall–Kier alpha value is -4.72. The molecule has 0 unspecified atom stereocenters. The maximum absolute atomic E-state index is 13.1. The van der Waals surface area contributed by atoms with Gasteiger partial charge in [0.05, 0.1) is 29.1 Å². The number of carboxylic acid groups (broad SMARTS) is 1. The minimum absolute atomic E-state index is 0.0455. The molecule has 35 heavy (non-hydrogen) atoms. The Morgan fingerprint density at radius 2 is 1.80 bits per heavy atom. The molecule has 1 aromatic heterocycles. The predicted molar refractivity (Wildman–Crippen MR) is 133 cm³/mol. The van der Waals surface area contributed by atoms with Gasteiger partial charge in [0.2, 0.25) is 0 Å². The molecule has 8 heteroatoms. The van der Waals surface area contributed by atoms with Crippen molar-refractivity contribution in [2.24, 2.45) is 0 Å². The van der Waals surface area contributed by atoms with Crippen LogP contribution in [-0.2, 0) is 6.54 Å². The number of carbonyl (C=O) groups is 2. The zero-order chi connectivity index (χ0) is 24.5. The maximum Gasteiger partial charge on any atom is 0.336 e. The molecular formula is C27H21N3O5. The van der Waals surface area contributed by atoms with Crippen molar-refractivity contribution in [3.8, 4) is 5.75 Å². The molecule has 0 spiro atoms. The van der Waals surface area contributed by atoms with Gasteiger partial charge in [-0.1, -0.05) is 30.3 Å². The monoisotopic (exact) mass is 467 g/mol. The summed E-state index contributed by atoms with van der Waals surface area (Å²) in [4.78, 5) is 42.1. The lowest BCUT2D eigenvalue weighted by Gasteiger charge is -2.10. The van der Waals surface area contributed by atoms with Crippen LogP contribution in [0.2, 0.25) is 0 Å². The highest BCUT2D eigenvalue weighted by molar-refractivity contribution is 6.11. The van der Waals surface area contributed by atoms with Crippen LogP contribution in [0.4, 0.5) is 5.69 Å². The van der Waals surface area contributed by atoms with Gasteiger partial charge in [-0.05, 0) is 54.5 Å². The van der Waals surface area contributed by atoms with Crippen LogP contribution in [0, 0.1) is 0 Å². The van der Waals surface area contributed by atoms with E-state index in [0.717, 1.165) is 16.9 Å².